The maximum absolute atomic E-state index is 12.0. The molecule has 0 aromatic heterocycles. The van der Waals surface area contributed by atoms with E-state index in [1.165, 1.54) is 18.5 Å². The number of amides is 1. The lowest BCUT2D eigenvalue weighted by Gasteiger charge is -2.21. The molecule has 0 bridgehead atoms. The van der Waals surface area contributed by atoms with Crippen molar-refractivity contribution in [3.05, 3.63) is 59.1 Å². The average Bonchev–Trinajstić information content (AvgIpc) is 3.13. The van der Waals surface area contributed by atoms with Crippen LogP contribution in [0.4, 0.5) is 5.69 Å². The van der Waals surface area contributed by atoms with Crippen molar-refractivity contribution < 1.29 is 9.53 Å². The maximum atomic E-state index is 12.0. The number of ether oxygens (including phenoxy) is 1. The molecule has 1 amide bonds. The second-order valence-electron chi connectivity index (χ2n) is 5.85. The maximum Gasteiger partial charge on any atom is 0.258 e. The molecule has 0 atom stereocenters. The molecule has 24 heavy (non-hydrogen) atoms. The molecule has 2 aromatic carbocycles. The first kappa shape index (κ1) is 16.7. The van der Waals surface area contributed by atoms with E-state index in [2.05, 4.69) is 22.3 Å². The van der Waals surface area contributed by atoms with Crippen molar-refractivity contribution in [1.82, 2.24) is 5.32 Å². The second kappa shape index (κ2) is 8.06. The third-order valence-electron chi connectivity index (χ3n) is 4.08. The molecule has 1 saturated heterocycles. The summed E-state index contributed by atoms with van der Waals surface area (Å²) in [5.74, 6) is 0.446. The molecule has 1 aliphatic rings. The van der Waals surface area contributed by atoms with E-state index in [1.807, 2.05) is 12.1 Å². The van der Waals surface area contributed by atoms with E-state index < -0.39 is 0 Å². The highest BCUT2D eigenvalue weighted by atomic mass is 35.5. The molecule has 0 aliphatic carbocycles. The summed E-state index contributed by atoms with van der Waals surface area (Å²) in [5.41, 5.74) is 2.35. The molecule has 0 radical (unpaired) electrons. The number of nitrogens with zero attached hydrogens (tertiary/aromatic N) is 1. The van der Waals surface area contributed by atoms with Crippen molar-refractivity contribution in [1.29, 1.82) is 0 Å². The minimum Gasteiger partial charge on any atom is -0.484 e. The lowest BCUT2D eigenvalue weighted by atomic mass is 10.1. The van der Waals surface area contributed by atoms with Crippen LogP contribution >= 0.6 is 11.6 Å². The van der Waals surface area contributed by atoms with E-state index in [0.717, 1.165) is 18.7 Å². The Morgan fingerprint density at radius 3 is 2.71 bits per heavy atom. The molecule has 0 saturated carbocycles. The average molecular weight is 345 g/mol. The number of carbonyl (C=O) groups is 1. The van der Waals surface area contributed by atoms with Gasteiger partial charge in [0.25, 0.3) is 5.91 Å². The number of hydrogen-bond acceptors (Lipinski definition) is 3. The minimum atomic E-state index is -0.147. The monoisotopic (exact) mass is 344 g/mol. The third-order valence-corrected chi connectivity index (χ3v) is 4.32. The molecule has 1 aliphatic heterocycles. The zero-order valence-electron chi connectivity index (χ0n) is 13.5. The predicted octanol–water partition coefficient (Wildman–Crippen LogP) is 3.64. The lowest BCUT2D eigenvalue weighted by molar-refractivity contribution is -0.123. The molecule has 1 fully saturated rings. The molecule has 0 spiro atoms. The number of benzene rings is 2. The summed E-state index contributed by atoms with van der Waals surface area (Å²) >= 11 is 5.90. The van der Waals surface area contributed by atoms with Gasteiger partial charge in [-0.1, -0.05) is 35.9 Å². The van der Waals surface area contributed by atoms with Gasteiger partial charge in [-0.25, -0.2) is 0 Å². The predicted molar refractivity (Wildman–Crippen MR) is 96.7 cm³/mol. The van der Waals surface area contributed by atoms with Crippen LogP contribution in [0, 0.1) is 0 Å². The molecule has 4 nitrogen and oxygen atoms in total. The Balaban J connectivity index is 1.53. The summed E-state index contributed by atoms with van der Waals surface area (Å²) in [6.07, 6.45) is 2.46. The van der Waals surface area contributed by atoms with Gasteiger partial charge in [-0.15, -0.1) is 0 Å². The van der Waals surface area contributed by atoms with Gasteiger partial charge in [0, 0.05) is 30.3 Å². The molecule has 0 unspecified atom stereocenters. The number of halogens is 1. The van der Waals surface area contributed by atoms with Gasteiger partial charge in [-0.3, -0.25) is 4.79 Å². The van der Waals surface area contributed by atoms with Crippen molar-refractivity contribution in [2.45, 2.75) is 19.4 Å². The smallest absolute Gasteiger partial charge is 0.258 e. The number of hydrogen-bond donors (Lipinski definition) is 1. The zero-order valence-corrected chi connectivity index (χ0v) is 14.3. The van der Waals surface area contributed by atoms with E-state index >= 15 is 0 Å². The van der Waals surface area contributed by atoms with Gasteiger partial charge in [0.2, 0.25) is 0 Å². The zero-order chi connectivity index (χ0) is 16.8. The van der Waals surface area contributed by atoms with Crippen LogP contribution in [0.3, 0.4) is 0 Å². The van der Waals surface area contributed by atoms with Crippen LogP contribution in [0.1, 0.15) is 18.4 Å². The standard InChI is InChI=1S/C19H21ClN2O2/c20-16-7-5-8-17(12-16)24-14-19(23)21-13-15-6-1-2-9-18(15)22-10-3-4-11-22/h1-2,5-9,12H,3-4,10-11,13-14H2,(H,21,23). The van der Waals surface area contributed by atoms with E-state index in [0.29, 0.717) is 17.3 Å². The highest BCUT2D eigenvalue weighted by molar-refractivity contribution is 6.30. The Hall–Kier alpha value is -2.20. The second-order valence-corrected chi connectivity index (χ2v) is 6.28. The molecule has 3 rings (SSSR count). The normalized spacial score (nSPS) is 13.8. The van der Waals surface area contributed by atoms with Crippen LogP contribution in [0.25, 0.3) is 0 Å². The Morgan fingerprint density at radius 2 is 1.92 bits per heavy atom. The molecule has 2 aromatic rings. The van der Waals surface area contributed by atoms with Crippen LogP contribution < -0.4 is 15.0 Å². The minimum absolute atomic E-state index is 0.0216. The van der Waals surface area contributed by atoms with E-state index in [-0.39, 0.29) is 12.5 Å². The lowest BCUT2D eigenvalue weighted by Crippen LogP contribution is -2.29. The first-order valence-electron chi connectivity index (χ1n) is 8.20. The van der Waals surface area contributed by atoms with Gasteiger partial charge < -0.3 is 15.0 Å². The molecule has 1 N–H and O–H groups in total. The van der Waals surface area contributed by atoms with Crippen LogP contribution in [0.15, 0.2) is 48.5 Å². The largest absolute Gasteiger partial charge is 0.484 e. The van der Waals surface area contributed by atoms with Crippen LogP contribution in [0.2, 0.25) is 5.02 Å². The van der Waals surface area contributed by atoms with Crippen LogP contribution in [0.5, 0.6) is 5.75 Å². The summed E-state index contributed by atoms with van der Waals surface area (Å²) in [5, 5.41) is 3.51. The van der Waals surface area contributed by atoms with E-state index in [1.54, 1.807) is 24.3 Å². The van der Waals surface area contributed by atoms with E-state index in [9.17, 15) is 4.79 Å². The van der Waals surface area contributed by atoms with Crippen molar-refractivity contribution in [2.75, 3.05) is 24.6 Å². The fraction of sp³-hybridized carbons (Fsp3) is 0.316. The fourth-order valence-electron chi connectivity index (χ4n) is 2.88. The highest BCUT2D eigenvalue weighted by Crippen LogP contribution is 2.24. The first-order valence-corrected chi connectivity index (χ1v) is 8.58. The topological polar surface area (TPSA) is 41.6 Å². The summed E-state index contributed by atoms with van der Waals surface area (Å²) in [6, 6.07) is 15.3. The number of nitrogens with one attached hydrogen (secondary N) is 1. The van der Waals surface area contributed by atoms with Crippen LogP contribution in [-0.4, -0.2) is 25.6 Å². The summed E-state index contributed by atoms with van der Waals surface area (Å²) in [6.45, 7) is 2.66. The summed E-state index contributed by atoms with van der Waals surface area (Å²) in [4.78, 5) is 14.4. The number of carbonyl (C=O) groups excluding carboxylic acids is 1. The fourth-order valence-corrected chi connectivity index (χ4v) is 3.06. The van der Waals surface area contributed by atoms with Crippen molar-refractivity contribution >= 4 is 23.2 Å². The van der Waals surface area contributed by atoms with Crippen molar-refractivity contribution in [2.24, 2.45) is 0 Å². The van der Waals surface area contributed by atoms with Gasteiger partial charge in [0.05, 0.1) is 0 Å². The first-order chi connectivity index (χ1) is 11.7. The van der Waals surface area contributed by atoms with Crippen LogP contribution in [-0.2, 0) is 11.3 Å². The molecule has 1 heterocycles. The molecule has 126 valence electrons. The third kappa shape index (κ3) is 4.42. The Labute approximate surface area is 147 Å². The number of rotatable bonds is 6. The van der Waals surface area contributed by atoms with Gasteiger partial charge in [0.1, 0.15) is 5.75 Å². The molecular formula is C19H21ClN2O2. The van der Waals surface area contributed by atoms with Crippen molar-refractivity contribution in [3.63, 3.8) is 0 Å². The number of para-hydroxylation sites is 1. The summed E-state index contributed by atoms with van der Waals surface area (Å²) < 4.78 is 5.46. The SMILES string of the molecule is O=C(COc1cccc(Cl)c1)NCc1ccccc1N1CCCC1. The van der Waals surface area contributed by atoms with Gasteiger partial charge >= 0.3 is 0 Å². The Morgan fingerprint density at radius 1 is 1.12 bits per heavy atom. The van der Waals surface area contributed by atoms with Gasteiger partial charge in [-0.2, -0.15) is 0 Å². The summed E-state index contributed by atoms with van der Waals surface area (Å²) in [7, 11) is 0. The Bertz CT molecular complexity index is 699. The van der Waals surface area contributed by atoms with Gasteiger partial charge in [0.15, 0.2) is 6.61 Å². The molecule has 5 heteroatoms. The highest BCUT2D eigenvalue weighted by Gasteiger charge is 2.15. The van der Waals surface area contributed by atoms with Crippen molar-refractivity contribution in [3.8, 4) is 5.75 Å². The van der Waals surface area contributed by atoms with E-state index in [4.69, 9.17) is 16.3 Å². The Kier molecular flexibility index (Phi) is 5.59. The molecular weight excluding hydrogens is 324 g/mol. The number of anilines is 1. The van der Waals surface area contributed by atoms with Gasteiger partial charge in [-0.05, 0) is 42.7 Å². The quantitative estimate of drug-likeness (QED) is 0.870.